The van der Waals surface area contributed by atoms with Crippen molar-refractivity contribution in [2.45, 2.75) is 17.8 Å². The molecule has 5 nitrogen and oxygen atoms in total. The molecule has 1 saturated carbocycles. The molecule has 4 rings (SSSR count). The summed E-state index contributed by atoms with van der Waals surface area (Å²) in [5, 5.41) is 1.09. The lowest BCUT2D eigenvalue weighted by molar-refractivity contribution is -0.120. The predicted molar refractivity (Wildman–Crippen MR) is 78.6 cm³/mol. The van der Waals surface area contributed by atoms with Crippen LogP contribution in [0.5, 0.6) is 0 Å². The third-order valence-electron chi connectivity index (χ3n) is 4.41. The Labute approximate surface area is 121 Å². The predicted octanol–water partition coefficient (Wildman–Crippen LogP) is 1.87. The SMILES string of the molecule is NC(=O)C1(c2ccccn2)CC1c1cncc2[nH]ccc12. The molecule has 21 heavy (non-hydrogen) atoms. The Hall–Kier alpha value is -2.69. The lowest BCUT2D eigenvalue weighted by Crippen LogP contribution is -2.31. The number of hydrogen-bond acceptors (Lipinski definition) is 3. The molecule has 3 heterocycles. The van der Waals surface area contributed by atoms with Crippen LogP contribution in [0.3, 0.4) is 0 Å². The van der Waals surface area contributed by atoms with Gasteiger partial charge < -0.3 is 10.7 Å². The van der Waals surface area contributed by atoms with Gasteiger partial charge >= 0.3 is 0 Å². The van der Waals surface area contributed by atoms with Crippen LogP contribution in [0.25, 0.3) is 10.9 Å². The zero-order valence-corrected chi connectivity index (χ0v) is 11.3. The van der Waals surface area contributed by atoms with Crippen LogP contribution in [0.4, 0.5) is 0 Å². The number of nitrogens with one attached hydrogen (secondary N) is 1. The molecular formula is C16H14N4O. The zero-order valence-electron chi connectivity index (χ0n) is 11.3. The van der Waals surface area contributed by atoms with Gasteiger partial charge in [0.1, 0.15) is 0 Å². The molecule has 1 amide bonds. The van der Waals surface area contributed by atoms with E-state index in [9.17, 15) is 4.79 Å². The van der Waals surface area contributed by atoms with Crippen LogP contribution in [-0.2, 0) is 10.2 Å². The number of rotatable bonds is 3. The molecule has 1 aliphatic carbocycles. The van der Waals surface area contributed by atoms with E-state index in [-0.39, 0.29) is 11.8 Å². The lowest BCUT2D eigenvalue weighted by atomic mass is 9.93. The molecule has 2 unspecified atom stereocenters. The summed E-state index contributed by atoms with van der Waals surface area (Å²) in [5.74, 6) is -0.282. The number of aromatic nitrogens is 3. The highest BCUT2D eigenvalue weighted by molar-refractivity contribution is 5.94. The second-order valence-corrected chi connectivity index (χ2v) is 5.47. The summed E-state index contributed by atoms with van der Waals surface area (Å²) in [6, 6.07) is 7.60. The summed E-state index contributed by atoms with van der Waals surface area (Å²) in [6.45, 7) is 0. The normalized spacial score (nSPS) is 24.1. The second-order valence-electron chi connectivity index (χ2n) is 5.47. The molecular weight excluding hydrogens is 264 g/mol. The van der Waals surface area contributed by atoms with Crippen LogP contribution in [0.2, 0.25) is 0 Å². The lowest BCUT2D eigenvalue weighted by Gasteiger charge is -2.13. The molecule has 5 heteroatoms. The van der Waals surface area contributed by atoms with Gasteiger partial charge in [0.05, 0.1) is 22.8 Å². The first-order chi connectivity index (χ1) is 10.2. The highest BCUT2D eigenvalue weighted by Crippen LogP contribution is 2.60. The molecule has 0 radical (unpaired) electrons. The summed E-state index contributed by atoms with van der Waals surface area (Å²) < 4.78 is 0. The van der Waals surface area contributed by atoms with E-state index in [2.05, 4.69) is 15.0 Å². The Balaban J connectivity index is 1.85. The maximum Gasteiger partial charge on any atom is 0.230 e. The molecule has 0 bridgehead atoms. The minimum absolute atomic E-state index is 0.0388. The molecule has 1 aliphatic rings. The molecule has 1 fully saturated rings. The number of carbonyl (C=O) groups excluding carboxylic acids is 1. The number of aromatic amines is 1. The van der Waals surface area contributed by atoms with E-state index >= 15 is 0 Å². The Morgan fingerprint density at radius 1 is 1.33 bits per heavy atom. The first kappa shape index (κ1) is 12.1. The summed E-state index contributed by atoms with van der Waals surface area (Å²) in [5.41, 5.74) is 7.78. The van der Waals surface area contributed by atoms with Crippen LogP contribution in [0.15, 0.2) is 49.1 Å². The van der Waals surface area contributed by atoms with Gasteiger partial charge in [-0.3, -0.25) is 14.8 Å². The third kappa shape index (κ3) is 1.60. The quantitative estimate of drug-likeness (QED) is 0.767. The number of carbonyl (C=O) groups is 1. The molecule has 3 N–H and O–H groups in total. The van der Waals surface area contributed by atoms with Gasteiger partial charge in [0, 0.05) is 29.9 Å². The molecule has 0 spiro atoms. The van der Waals surface area contributed by atoms with Crippen LogP contribution >= 0.6 is 0 Å². The maximum atomic E-state index is 12.1. The van der Waals surface area contributed by atoms with Gasteiger partial charge in [0.15, 0.2) is 0 Å². The number of primary amides is 1. The van der Waals surface area contributed by atoms with Gasteiger partial charge in [-0.25, -0.2) is 0 Å². The molecule has 3 aromatic heterocycles. The summed E-state index contributed by atoms with van der Waals surface area (Å²) in [4.78, 5) is 23.9. The monoisotopic (exact) mass is 278 g/mol. The van der Waals surface area contributed by atoms with Gasteiger partial charge in [-0.2, -0.15) is 0 Å². The van der Waals surface area contributed by atoms with Crippen molar-refractivity contribution in [2.75, 3.05) is 0 Å². The average Bonchev–Trinajstić information content (AvgIpc) is 3.09. The highest BCUT2D eigenvalue weighted by atomic mass is 16.1. The topological polar surface area (TPSA) is 84.7 Å². The fourth-order valence-electron chi connectivity index (χ4n) is 3.23. The molecule has 3 aromatic rings. The molecule has 104 valence electrons. The molecule has 0 aromatic carbocycles. The second kappa shape index (κ2) is 4.15. The van der Waals surface area contributed by atoms with Crippen LogP contribution in [0, 0.1) is 0 Å². The van der Waals surface area contributed by atoms with Gasteiger partial charge in [0.25, 0.3) is 0 Å². The van der Waals surface area contributed by atoms with Crippen molar-refractivity contribution in [1.82, 2.24) is 15.0 Å². The number of pyridine rings is 2. The van der Waals surface area contributed by atoms with Crippen LogP contribution in [0.1, 0.15) is 23.6 Å². The largest absolute Gasteiger partial charge is 0.369 e. The summed E-state index contributed by atoms with van der Waals surface area (Å²) in [6.07, 6.45) is 7.88. The maximum absolute atomic E-state index is 12.1. The van der Waals surface area contributed by atoms with Crippen molar-refractivity contribution >= 4 is 16.8 Å². The number of nitrogens with two attached hydrogens (primary N) is 1. The molecule has 0 aliphatic heterocycles. The number of hydrogen-bond donors (Lipinski definition) is 2. The van der Waals surface area contributed by atoms with Crippen LogP contribution < -0.4 is 5.73 Å². The Morgan fingerprint density at radius 3 is 3.00 bits per heavy atom. The highest BCUT2D eigenvalue weighted by Gasteiger charge is 2.62. The van der Waals surface area contributed by atoms with Gasteiger partial charge in [-0.1, -0.05) is 6.07 Å². The fourth-order valence-corrected chi connectivity index (χ4v) is 3.23. The van der Waals surface area contributed by atoms with E-state index in [4.69, 9.17) is 5.73 Å². The van der Waals surface area contributed by atoms with E-state index in [0.717, 1.165) is 22.2 Å². The van der Waals surface area contributed by atoms with Crippen molar-refractivity contribution in [3.63, 3.8) is 0 Å². The van der Waals surface area contributed by atoms with Crippen LogP contribution in [-0.4, -0.2) is 20.9 Å². The molecule has 2 atom stereocenters. The minimum atomic E-state index is -0.700. The fraction of sp³-hybridized carbons (Fsp3) is 0.188. The minimum Gasteiger partial charge on any atom is -0.369 e. The number of amides is 1. The summed E-state index contributed by atoms with van der Waals surface area (Å²) in [7, 11) is 0. The Bertz CT molecular complexity index is 826. The Kier molecular flexibility index (Phi) is 2.39. The first-order valence-electron chi connectivity index (χ1n) is 6.86. The zero-order chi connectivity index (χ0) is 14.4. The number of H-pyrrole nitrogens is 1. The van der Waals surface area contributed by atoms with E-state index < -0.39 is 5.41 Å². The molecule has 0 saturated heterocycles. The van der Waals surface area contributed by atoms with Gasteiger partial charge in [-0.15, -0.1) is 0 Å². The van der Waals surface area contributed by atoms with Crippen molar-refractivity contribution in [3.8, 4) is 0 Å². The van der Waals surface area contributed by atoms with Crippen molar-refractivity contribution < 1.29 is 4.79 Å². The van der Waals surface area contributed by atoms with Gasteiger partial charge in [-0.05, 0) is 30.2 Å². The standard InChI is InChI=1S/C16H14N4O/c17-15(21)16(14-3-1-2-5-20-14)7-12(16)11-8-18-9-13-10(11)4-6-19-13/h1-6,8-9,12,19H,7H2,(H2,17,21). The van der Waals surface area contributed by atoms with Gasteiger partial charge in [0.2, 0.25) is 5.91 Å². The smallest absolute Gasteiger partial charge is 0.230 e. The van der Waals surface area contributed by atoms with E-state index in [1.54, 1.807) is 12.4 Å². The number of fused-ring (bicyclic) bond motifs is 1. The summed E-state index contributed by atoms with van der Waals surface area (Å²) >= 11 is 0. The van der Waals surface area contributed by atoms with E-state index in [1.807, 2.05) is 36.7 Å². The first-order valence-corrected chi connectivity index (χ1v) is 6.86. The Morgan fingerprint density at radius 2 is 2.24 bits per heavy atom. The van der Waals surface area contributed by atoms with E-state index in [0.29, 0.717) is 6.42 Å². The van der Waals surface area contributed by atoms with Crippen molar-refractivity contribution in [1.29, 1.82) is 0 Å². The van der Waals surface area contributed by atoms with E-state index in [1.165, 1.54) is 0 Å². The average molecular weight is 278 g/mol. The van der Waals surface area contributed by atoms with Crippen molar-refractivity contribution in [3.05, 3.63) is 60.3 Å². The number of nitrogens with zero attached hydrogens (tertiary/aromatic N) is 2. The van der Waals surface area contributed by atoms with Crippen molar-refractivity contribution in [2.24, 2.45) is 5.73 Å². The third-order valence-corrected chi connectivity index (χ3v) is 4.41.